The second-order valence-electron chi connectivity index (χ2n) is 3.14. The van der Waals surface area contributed by atoms with E-state index in [0.717, 1.165) is 11.4 Å². The molecule has 0 N–H and O–H groups in total. The standard InChI is InChI=1S/C12H9ClN2/c1-3-11-9(2)14-15(12(11)13)10-7-5-4-6-8-10/h1,4-8H,2H3. The zero-order chi connectivity index (χ0) is 10.8. The molecule has 0 fully saturated rings. The van der Waals surface area contributed by atoms with E-state index >= 15 is 0 Å². The Hall–Kier alpha value is -1.72. The topological polar surface area (TPSA) is 17.8 Å². The lowest BCUT2D eigenvalue weighted by molar-refractivity contribution is 0.863. The summed E-state index contributed by atoms with van der Waals surface area (Å²) in [4.78, 5) is 0. The molecule has 74 valence electrons. The molecule has 0 saturated carbocycles. The van der Waals surface area contributed by atoms with E-state index in [9.17, 15) is 0 Å². The van der Waals surface area contributed by atoms with Gasteiger partial charge in [-0.05, 0) is 19.1 Å². The SMILES string of the molecule is C#Cc1c(C)nn(-c2ccccc2)c1Cl. The van der Waals surface area contributed by atoms with Crippen LogP contribution in [0.15, 0.2) is 30.3 Å². The molecular weight excluding hydrogens is 208 g/mol. The van der Waals surface area contributed by atoms with Gasteiger partial charge in [-0.15, -0.1) is 6.42 Å². The number of para-hydroxylation sites is 1. The first kappa shape index (κ1) is 9.82. The van der Waals surface area contributed by atoms with Crippen LogP contribution in [0.3, 0.4) is 0 Å². The number of nitrogens with zero attached hydrogens (tertiary/aromatic N) is 2. The molecule has 3 heteroatoms. The first-order chi connectivity index (χ1) is 7.24. The molecule has 0 saturated heterocycles. The summed E-state index contributed by atoms with van der Waals surface area (Å²) in [5.41, 5.74) is 2.33. The quantitative estimate of drug-likeness (QED) is 0.671. The molecule has 2 aromatic rings. The van der Waals surface area contributed by atoms with Gasteiger partial charge >= 0.3 is 0 Å². The third-order valence-electron chi connectivity index (χ3n) is 2.15. The van der Waals surface area contributed by atoms with E-state index in [1.807, 2.05) is 37.3 Å². The van der Waals surface area contributed by atoms with E-state index in [-0.39, 0.29) is 0 Å². The predicted octanol–water partition coefficient (Wildman–Crippen LogP) is 2.82. The van der Waals surface area contributed by atoms with Crippen LogP contribution in [0.5, 0.6) is 0 Å². The summed E-state index contributed by atoms with van der Waals surface area (Å²) in [6, 6.07) is 9.66. The Morgan fingerprint density at radius 3 is 2.53 bits per heavy atom. The molecule has 1 aromatic carbocycles. The van der Waals surface area contributed by atoms with E-state index in [2.05, 4.69) is 11.0 Å². The lowest BCUT2D eigenvalue weighted by Gasteiger charge is -2.01. The molecule has 0 bridgehead atoms. The van der Waals surface area contributed by atoms with Crippen molar-refractivity contribution in [1.82, 2.24) is 9.78 Å². The van der Waals surface area contributed by atoms with E-state index < -0.39 is 0 Å². The van der Waals surface area contributed by atoms with Gasteiger partial charge in [0.05, 0.1) is 16.9 Å². The molecule has 0 spiro atoms. The van der Waals surface area contributed by atoms with E-state index in [1.165, 1.54) is 0 Å². The minimum Gasteiger partial charge on any atom is -0.221 e. The number of rotatable bonds is 1. The lowest BCUT2D eigenvalue weighted by Crippen LogP contribution is -1.95. The molecule has 2 nitrogen and oxygen atoms in total. The van der Waals surface area contributed by atoms with Gasteiger partial charge in [0.15, 0.2) is 0 Å². The fourth-order valence-corrected chi connectivity index (χ4v) is 1.73. The van der Waals surface area contributed by atoms with Crippen LogP contribution in [-0.4, -0.2) is 9.78 Å². The van der Waals surface area contributed by atoms with Crippen molar-refractivity contribution in [3.8, 4) is 18.0 Å². The average Bonchev–Trinajstić information content (AvgIpc) is 2.55. The van der Waals surface area contributed by atoms with Crippen molar-refractivity contribution in [1.29, 1.82) is 0 Å². The van der Waals surface area contributed by atoms with Crippen molar-refractivity contribution in [3.05, 3.63) is 46.7 Å². The summed E-state index contributed by atoms with van der Waals surface area (Å²) in [5.74, 6) is 2.54. The third-order valence-corrected chi connectivity index (χ3v) is 2.50. The highest BCUT2D eigenvalue weighted by Crippen LogP contribution is 2.22. The van der Waals surface area contributed by atoms with Gasteiger partial charge in [0.2, 0.25) is 0 Å². The van der Waals surface area contributed by atoms with Crippen molar-refractivity contribution >= 4 is 11.6 Å². The normalized spacial score (nSPS) is 9.93. The third kappa shape index (κ3) is 1.62. The maximum Gasteiger partial charge on any atom is 0.148 e. The smallest absolute Gasteiger partial charge is 0.148 e. The summed E-state index contributed by atoms with van der Waals surface area (Å²) >= 11 is 6.12. The number of aromatic nitrogens is 2. The van der Waals surface area contributed by atoms with Crippen molar-refractivity contribution in [2.24, 2.45) is 0 Å². The maximum atomic E-state index is 6.12. The molecule has 15 heavy (non-hydrogen) atoms. The fraction of sp³-hybridized carbons (Fsp3) is 0.0833. The van der Waals surface area contributed by atoms with E-state index in [1.54, 1.807) is 4.68 Å². The second-order valence-corrected chi connectivity index (χ2v) is 3.50. The van der Waals surface area contributed by atoms with Crippen LogP contribution in [0.25, 0.3) is 5.69 Å². The van der Waals surface area contributed by atoms with Gasteiger partial charge in [-0.1, -0.05) is 35.7 Å². The first-order valence-electron chi connectivity index (χ1n) is 4.51. The number of hydrogen-bond acceptors (Lipinski definition) is 1. The van der Waals surface area contributed by atoms with Crippen LogP contribution in [-0.2, 0) is 0 Å². The molecule has 1 aromatic heterocycles. The Kier molecular flexibility index (Phi) is 2.49. The van der Waals surface area contributed by atoms with Crippen LogP contribution in [0.1, 0.15) is 11.3 Å². The van der Waals surface area contributed by atoms with Gasteiger partial charge in [0.1, 0.15) is 5.15 Å². The zero-order valence-corrected chi connectivity index (χ0v) is 8.99. The van der Waals surface area contributed by atoms with Gasteiger partial charge < -0.3 is 0 Å². The maximum absolute atomic E-state index is 6.12. The molecule has 0 aliphatic carbocycles. The highest BCUT2D eigenvalue weighted by atomic mass is 35.5. The molecule has 0 unspecified atom stereocenters. The van der Waals surface area contributed by atoms with Gasteiger partial charge in [-0.3, -0.25) is 0 Å². The summed E-state index contributed by atoms with van der Waals surface area (Å²) < 4.78 is 1.64. The second kappa shape index (κ2) is 3.80. The molecule has 0 amide bonds. The van der Waals surface area contributed by atoms with Crippen LogP contribution in [0.4, 0.5) is 0 Å². The average molecular weight is 217 g/mol. The molecule has 1 heterocycles. The first-order valence-corrected chi connectivity index (χ1v) is 4.89. The summed E-state index contributed by atoms with van der Waals surface area (Å²) in [6.07, 6.45) is 5.36. The van der Waals surface area contributed by atoms with Gasteiger partial charge in [0, 0.05) is 0 Å². The summed E-state index contributed by atoms with van der Waals surface area (Å²) in [6.45, 7) is 1.85. The highest BCUT2D eigenvalue weighted by Gasteiger charge is 2.11. The van der Waals surface area contributed by atoms with E-state index in [0.29, 0.717) is 10.7 Å². The Bertz CT molecular complexity index is 521. The van der Waals surface area contributed by atoms with Crippen LogP contribution >= 0.6 is 11.6 Å². The summed E-state index contributed by atoms with van der Waals surface area (Å²) in [5, 5.41) is 4.78. The number of hydrogen-bond donors (Lipinski definition) is 0. The summed E-state index contributed by atoms with van der Waals surface area (Å²) in [7, 11) is 0. The molecule has 0 atom stereocenters. The number of aryl methyl sites for hydroxylation is 1. The Morgan fingerprint density at radius 1 is 1.33 bits per heavy atom. The Morgan fingerprint density at radius 2 is 2.00 bits per heavy atom. The fourth-order valence-electron chi connectivity index (χ4n) is 1.40. The van der Waals surface area contributed by atoms with Crippen LogP contribution < -0.4 is 0 Å². The Balaban J connectivity index is 2.62. The van der Waals surface area contributed by atoms with Crippen LogP contribution in [0.2, 0.25) is 5.15 Å². The number of halogens is 1. The van der Waals surface area contributed by atoms with Crippen LogP contribution in [0, 0.1) is 19.3 Å². The van der Waals surface area contributed by atoms with Gasteiger partial charge in [0.25, 0.3) is 0 Å². The molecule has 2 rings (SSSR count). The van der Waals surface area contributed by atoms with Crippen molar-refractivity contribution in [2.45, 2.75) is 6.92 Å². The number of terminal acetylenes is 1. The number of benzene rings is 1. The zero-order valence-electron chi connectivity index (χ0n) is 8.24. The van der Waals surface area contributed by atoms with Crippen molar-refractivity contribution in [2.75, 3.05) is 0 Å². The molecular formula is C12H9ClN2. The molecule has 0 radical (unpaired) electrons. The predicted molar refractivity (Wildman–Crippen MR) is 61.2 cm³/mol. The monoisotopic (exact) mass is 216 g/mol. The minimum atomic E-state index is 0.487. The van der Waals surface area contributed by atoms with Gasteiger partial charge in [-0.2, -0.15) is 5.10 Å². The molecule has 0 aliphatic heterocycles. The van der Waals surface area contributed by atoms with Crippen molar-refractivity contribution < 1.29 is 0 Å². The largest absolute Gasteiger partial charge is 0.221 e. The molecule has 0 aliphatic rings. The minimum absolute atomic E-state index is 0.487. The van der Waals surface area contributed by atoms with E-state index in [4.69, 9.17) is 18.0 Å². The lowest BCUT2D eigenvalue weighted by atomic mass is 10.3. The Labute approximate surface area is 93.5 Å². The van der Waals surface area contributed by atoms with Gasteiger partial charge in [-0.25, -0.2) is 4.68 Å². The highest BCUT2D eigenvalue weighted by molar-refractivity contribution is 6.31. The van der Waals surface area contributed by atoms with Crippen molar-refractivity contribution in [3.63, 3.8) is 0 Å².